The lowest BCUT2D eigenvalue weighted by Gasteiger charge is -1.99. The van der Waals surface area contributed by atoms with Crippen molar-refractivity contribution in [2.45, 2.75) is 12.3 Å². The predicted molar refractivity (Wildman–Crippen MR) is 54.2 cm³/mol. The van der Waals surface area contributed by atoms with Gasteiger partial charge in [0, 0.05) is 18.5 Å². The van der Waals surface area contributed by atoms with Crippen molar-refractivity contribution in [2.75, 3.05) is 13.1 Å². The molecule has 0 spiro atoms. The van der Waals surface area contributed by atoms with E-state index in [9.17, 15) is 4.39 Å². The second-order valence-electron chi connectivity index (χ2n) is 3.85. The zero-order valence-electron chi connectivity index (χ0n) is 8.16. The van der Waals surface area contributed by atoms with Gasteiger partial charge in [-0.1, -0.05) is 0 Å². The Labute approximate surface area is 86.3 Å². The second-order valence-corrected chi connectivity index (χ2v) is 3.85. The number of benzene rings is 1. The third-order valence-corrected chi connectivity index (χ3v) is 2.78. The first-order valence-electron chi connectivity index (χ1n) is 5.09. The van der Waals surface area contributed by atoms with Crippen molar-refractivity contribution in [3.8, 4) is 0 Å². The summed E-state index contributed by atoms with van der Waals surface area (Å²) in [6.45, 7) is 1.90. The molecule has 0 amide bonds. The van der Waals surface area contributed by atoms with E-state index in [1.165, 1.54) is 12.1 Å². The van der Waals surface area contributed by atoms with Crippen molar-refractivity contribution < 1.29 is 8.81 Å². The van der Waals surface area contributed by atoms with Crippen LogP contribution in [0, 0.1) is 5.82 Å². The predicted octanol–water partition coefficient (Wildman–Crippen LogP) is 2.04. The molecule has 1 aromatic carbocycles. The summed E-state index contributed by atoms with van der Waals surface area (Å²) in [5.74, 6) is 0.785. The van der Waals surface area contributed by atoms with Crippen LogP contribution in [0.3, 0.4) is 0 Å². The highest BCUT2D eigenvalue weighted by molar-refractivity contribution is 5.72. The summed E-state index contributed by atoms with van der Waals surface area (Å²) in [6, 6.07) is 4.43. The van der Waals surface area contributed by atoms with Crippen LogP contribution in [0.4, 0.5) is 4.39 Å². The van der Waals surface area contributed by atoms with Gasteiger partial charge in [0.25, 0.3) is 0 Å². The zero-order chi connectivity index (χ0) is 10.3. The SMILES string of the molecule is Fc1ccc2oc([C@@H]3CCNC3)nc2c1. The van der Waals surface area contributed by atoms with E-state index in [-0.39, 0.29) is 5.82 Å². The molecule has 1 atom stereocenters. The molecule has 0 saturated carbocycles. The number of nitrogens with one attached hydrogen (secondary N) is 1. The second kappa shape index (κ2) is 3.31. The van der Waals surface area contributed by atoms with Crippen molar-refractivity contribution in [1.82, 2.24) is 10.3 Å². The molecule has 78 valence electrons. The molecule has 0 unspecified atom stereocenters. The van der Waals surface area contributed by atoms with E-state index in [1.807, 2.05) is 0 Å². The first-order chi connectivity index (χ1) is 7.33. The van der Waals surface area contributed by atoms with Crippen LogP contribution in [0.2, 0.25) is 0 Å². The molecular formula is C11H11FN2O. The minimum Gasteiger partial charge on any atom is -0.440 e. The number of oxazole rings is 1. The van der Waals surface area contributed by atoms with Crippen LogP contribution in [0.5, 0.6) is 0 Å². The molecule has 3 rings (SSSR count). The molecule has 3 nitrogen and oxygen atoms in total. The van der Waals surface area contributed by atoms with Crippen LogP contribution in [0.15, 0.2) is 22.6 Å². The Balaban J connectivity index is 2.05. The van der Waals surface area contributed by atoms with Gasteiger partial charge in [-0.25, -0.2) is 9.37 Å². The fraction of sp³-hybridized carbons (Fsp3) is 0.364. The molecule has 4 heteroatoms. The summed E-state index contributed by atoms with van der Waals surface area (Å²) in [7, 11) is 0. The fourth-order valence-electron chi connectivity index (χ4n) is 1.96. The summed E-state index contributed by atoms with van der Waals surface area (Å²) in [6.07, 6.45) is 1.04. The Morgan fingerprint density at radius 2 is 2.40 bits per heavy atom. The molecule has 1 saturated heterocycles. The third-order valence-electron chi connectivity index (χ3n) is 2.78. The van der Waals surface area contributed by atoms with Crippen LogP contribution in [0.25, 0.3) is 11.1 Å². The van der Waals surface area contributed by atoms with Crippen LogP contribution in [-0.4, -0.2) is 18.1 Å². The molecule has 1 fully saturated rings. The van der Waals surface area contributed by atoms with Gasteiger partial charge < -0.3 is 9.73 Å². The molecular weight excluding hydrogens is 195 g/mol. The fourth-order valence-corrected chi connectivity index (χ4v) is 1.96. The summed E-state index contributed by atoms with van der Waals surface area (Å²) >= 11 is 0. The number of aromatic nitrogens is 1. The maximum absolute atomic E-state index is 12.9. The van der Waals surface area contributed by atoms with Gasteiger partial charge in [-0.15, -0.1) is 0 Å². The topological polar surface area (TPSA) is 38.1 Å². The van der Waals surface area contributed by atoms with E-state index in [0.717, 1.165) is 25.4 Å². The molecule has 0 aliphatic carbocycles. The number of nitrogens with zero attached hydrogens (tertiary/aromatic N) is 1. The summed E-state index contributed by atoms with van der Waals surface area (Å²) in [4.78, 5) is 4.31. The Hall–Kier alpha value is -1.42. The Kier molecular flexibility index (Phi) is 1.95. The lowest BCUT2D eigenvalue weighted by Crippen LogP contribution is -2.07. The van der Waals surface area contributed by atoms with Crippen molar-refractivity contribution in [3.05, 3.63) is 29.9 Å². The van der Waals surface area contributed by atoms with Crippen molar-refractivity contribution in [2.24, 2.45) is 0 Å². The summed E-state index contributed by atoms with van der Waals surface area (Å²) < 4.78 is 18.5. The summed E-state index contributed by atoms with van der Waals surface area (Å²) in [5.41, 5.74) is 1.27. The van der Waals surface area contributed by atoms with Gasteiger partial charge in [-0.2, -0.15) is 0 Å². The number of hydrogen-bond donors (Lipinski definition) is 1. The number of rotatable bonds is 1. The molecule has 15 heavy (non-hydrogen) atoms. The smallest absolute Gasteiger partial charge is 0.199 e. The average molecular weight is 206 g/mol. The standard InChI is InChI=1S/C11H11FN2O/c12-8-1-2-10-9(5-8)14-11(15-10)7-3-4-13-6-7/h1-2,5,7,13H,3-4,6H2/t7-/m1/s1. The van der Waals surface area contributed by atoms with Crippen LogP contribution in [0.1, 0.15) is 18.2 Å². The van der Waals surface area contributed by atoms with Gasteiger partial charge in [0.05, 0.1) is 0 Å². The highest BCUT2D eigenvalue weighted by atomic mass is 19.1. The molecule has 1 N–H and O–H groups in total. The minimum atomic E-state index is -0.271. The molecule has 2 aromatic rings. The van der Waals surface area contributed by atoms with Crippen LogP contribution in [-0.2, 0) is 0 Å². The summed E-state index contributed by atoms with van der Waals surface area (Å²) in [5, 5.41) is 3.25. The van der Waals surface area contributed by atoms with Gasteiger partial charge in [0.2, 0.25) is 0 Å². The molecule has 2 heterocycles. The van der Waals surface area contributed by atoms with Crippen molar-refractivity contribution in [3.63, 3.8) is 0 Å². The van der Waals surface area contributed by atoms with Gasteiger partial charge in [-0.3, -0.25) is 0 Å². The molecule has 1 aliphatic rings. The van der Waals surface area contributed by atoms with Crippen molar-refractivity contribution in [1.29, 1.82) is 0 Å². The van der Waals surface area contributed by atoms with Gasteiger partial charge in [0.15, 0.2) is 11.5 Å². The normalized spacial score (nSPS) is 21.3. The van der Waals surface area contributed by atoms with E-state index >= 15 is 0 Å². The maximum atomic E-state index is 12.9. The Bertz CT molecular complexity index is 488. The van der Waals surface area contributed by atoms with Crippen LogP contribution < -0.4 is 5.32 Å². The average Bonchev–Trinajstić information content (AvgIpc) is 2.84. The molecule has 1 aromatic heterocycles. The maximum Gasteiger partial charge on any atom is 0.199 e. The van der Waals surface area contributed by atoms with E-state index in [0.29, 0.717) is 17.0 Å². The van der Waals surface area contributed by atoms with E-state index in [4.69, 9.17) is 4.42 Å². The lowest BCUT2D eigenvalue weighted by atomic mass is 10.1. The lowest BCUT2D eigenvalue weighted by molar-refractivity contribution is 0.485. The Morgan fingerprint density at radius 3 is 3.20 bits per heavy atom. The quantitative estimate of drug-likeness (QED) is 0.776. The number of hydrogen-bond acceptors (Lipinski definition) is 3. The van der Waals surface area contributed by atoms with E-state index < -0.39 is 0 Å². The first kappa shape index (κ1) is 8.85. The van der Waals surface area contributed by atoms with E-state index in [1.54, 1.807) is 6.07 Å². The zero-order valence-corrected chi connectivity index (χ0v) is 8.16. The highest BCUT2D eigenvalue weighted by Crippen LogP contribution is 2.25. The third kappa shape index (κ3) is 1.51. The highest BCUT2D eigenvalue weighted by Gasteiger charge is 2.21. The van der Waals surface area contributed by atoms with E-state index in [2.05, 4.69) is 10.3 Å². The van der Waals surface area contributed by atoms with Crippen molar-refractivity contribution >= 4 is 11.1 Å². The molecule has 1 aliphatic heterocycles. The molecule has 0 bridgehead atoms. The minimum absolute atomic E-state index is 0.271. The first-order valence-corrected chi connectivity index (χ1v) is 5.09. The monoisotopic (exact) mass is 206 g/mol. The largest absolute Gasteiger partial charge is 0.440 e. The number of fused-ring (bicyclic) bond motifs is 1. The molecule has 0 radical (unpaired) electrons. The van der Waals surface area contributed by atoms with Gasteiger partial charge >= 0.3 is 0 Å². The van der Waals surface area contributed by atoms with Gasteiger partial charge in [-0.05, 0) is 25.1 Å². The Morgan fingerprint density at radius 1 is 1.47 bits per heavy atom. The van der Waals surface area contributed by atoms with Gasteiger partial charge in [0.1, 0.15) is 11.3 Å². The van der Waals surface area contributed by atoms with Crippen LogP contribution >= 0.6 is 0 Å². The number of halogens is 1.